The summed E-state index contributed by atoms with van der Waals surface area (Å²) >= 11 is 0. The van der Waals surface area contributed by atoms with Gasteiger partial charge in [-0.15, -0.1) is 12.4 Å². The molecule has 4 rings (SSSR count). The number of piperazine rings is 1. The largest absolute Gasteiger partial charge is 0.494 e. The number of benzene rings is 1. The first-order valence-electron chi connectivity index (χ1n) is 8.20. The highest BCUT2D eigenvalue weighted by molar-refractivity contribution is 5.91. The molecule has 1 fully saturated rings. The molecular weight excluding hydrogens is 352 g/mol. The van der Waals surface area contributed by atoms with Crippen molar-refractivity contribution in [1.82, 2.24) is 15.3 Å². The number of halogens is 1. The minimum Gasteiger partial charge on any atom is -0.494 e. The van der Waals surface area contributed by atoms with Gasteiger partial charge in [0, 0.05) is 44.1 Å². The highest BCUT2D eigenvalue weighted by Crippen LogP contribution is 2.34. The molecule has 1 aliphatic rings. The number of nitrogens with one attached hydrogen (secondary N) is 1. The molecule has 3 heterocycles. The summed E-state index contributed by atoms with van der Waals surface area (Å²) in [4.78, 5) is 10.9. The Labute approximate surface area is 158 Å². The van der Waals surface area contributed by atoms with Gasteiger partial charge in [-0.25, -0.2) is 0 Å². The van der Waals surface area contributed by atoms with Crippen molar-refractivity contribution < 1.29 is 9.15 Å². The van der Waals surface area contributed by atoms with Gasteiger partial charge in [0.2, 0.25) is 0 Å². The third-order valence-corrected chi connectivity index (χ3v) is 4.14. The zero-order valence-electron chi connectivity index (χ0n) is 14.4. The number of hydrogen-bond acceptors (Lipinski definition) is 6. The topological polar surface area (TPSA) is 63.4 Å². The Balaban J connectivity index is 0.00000196. The van der Waals surface area contributed by atoms with Gasteiger partial charge in [0.25, 0.3) is 5.89 Å². The normalized spacial score (nSPS) is 13.7. The van der Waals surface area contributed by atoms with E-state index in [1.54, 1.807) is 19.5 Å². The lowest BCUT2D eigenvalue weighted by Gasteiger charge is -2.29. The Hall–Kier alpha value is -2.75. The molecule has 0 amide bonds. The molecule has 1 aromatic carbocycles. The van der Waals surface area contributed by atoms with Gasteiger partial charge in [-0.2, -0.15) is 4.98 Å². The van der Waals surface area contributed by atoms with Crippen molar-refractivity contribution >= 4 is 29.2 Å². The van der Waals surface area contributed by atoms with E-state index in [0.29, 0.717) is 17.2 Å². The molecule has 1 aliphatic heterocycles. The number of ether oxygens (including phenoxy) is 1. The van der Waals surface area contributed by atoms with Crippen LogP contribution in [0.1, 0.15) is 11.5 Å². The lowest BCUT2D eigenvalue weighted by atomic mass is 10.2. The number of rotatable bonds is 2. The fourth-order valence-electron chi connectivity index (χ4n) is 2.91. The number of anilines is 1. The molecule has 26 heavy (non-hydrogen) atoms. The number of fused-ring (bicyclic) bond motifs is 1. The van der Waals surface area contributed by atoms with E-state index in [4.69, 9.17) is 9.15 Å². The average Bonchev–Trinajstić information content (AvgIpc) is 3.11. The quantitative estimate of drug-likeness (QED) is 0.699. The second-order valence-corrected chi connectivity index (χ2v) is 5.71. The number of methoxy groups -OCH3 is 1. The molecule has 1 saturated heterocycles. The number of aromatic nitrogens is 2. The van der Waals surface area contributed by atoms with Gasteiger partial charge in [0.05, 0.1) is 12.8 Å². The van der Waals surface area contributed by atoms with Crippen LogP contribution in [-0.2, 0) is 0 Å². The summed E-state index contributed by atoms with van der Waals surface area (Å²) in [7, 11) is 1.63. The lowest BCUT2D eigenvalue weighted by molar-refractivity contribution is 0.419. The van der Waals surface area contributed by atoms with Crippen molar-refractivity contribution in [3.05, 3.63) is 48.1 Å². The number of nitrogens with zero attached hydrogens (tertiary/aromatic N) is 3. The van der Waals surface area contributed by atoms with Crippen LogP contribution in [0.3, 0.4) is 0 Å². The monoisotopic (exact) mass is 370 g/mol. The Morgan fingerprint density at radius 3 is 2.77 bits per heavy atom. The number of oxazole rings is 1. The molecule has 1 N–H and O–H groups in total. The van der Waals surface area contributed by atoms with Gasteiger partial charge in [0.1, 0.15) is 5.75 Å². The van der Waals surface area contributed by atoms with E-state index in [-0.39, 0.29) is 12.4 Å². The molecule has 0 unspecified atom stereocenters. The molecule has 3 aromatic rings. The predicted molar refractivity (Wildman–Crippen MR) is 103 cm³/mol. The van der Waals surface area contributed by atoms with E-state index in [1.807, 2.05) is 24.3 Å². The van der Waals surface area contributed by atoms with E-state index in [0.717, 1.165) is 43.0 Å². The summed E-state index contributed by atoms with van der Waals surface area (Å²) in [6, 6.07) is 7.70. The Morgan fingerprint density at radius 1 is 1.19 bits per heavy atom. The molecule has 134 valence electrons. The maximum atomic E-state index is 5.97. The molecule has 0 aliphatic carbocycles. The van der Waals surface area contributed by atoms with Gasteiger partial charge < -0.3 is 19.4 Å². The fourth-order valence-corrected chi connectivity index (χ4v) is 2.91. The minimum atomic E-state index is 0. The molecule has 7 heteroatoms. The van der Waals surface area contributed by atoms with Gasteiger partial charge in [0.15, 0.2) is 11.1 Å². The van der Waals surface area contributed by atoms with E-state index in [2.05, 4.69) is 32.0 Å². The van der Waals surface area contributed by atoms with Gasteiger partial charge in [-0.05, 0) is 30.2 Å². The second kappa shape index (κ2) is 8.09. The molecule has 0 radical (unpaired) electrons. The van der Waals surface area contributed by atoms with Crippen molar-refractivity contribution in [1.29, 1.82) is 0 Å². The van der Waals surface area contributed by atoms with Gasteiger partial charge in [-0.1, -0.05) is 5.92 Å². The molecule has 0 saturated carbocycles. The zero-order chi connectivity index (χ0) is 17.1. The van der Waals surface area contributed by atoms with Crippen LogP contribution >= 0.6 is 12.4 Å². The number of hydrogen-bond donors (Lipinski definition) is 1. The van der Waals surface area contributed by atoms with E-state index in [1.165, 1.54) is 0 Å². The highest BCUT2D eigenvalue weighted by Gasteiger charge is 2.19. The third kappa shape index (κ3) is 3.59. The van der Waals surface area contributed by atoms with Crippen LogP contribution in [0.15, 0.2) is 41.1 Å². The van der Waals surface area contributed by atoms with Crippen LogP contribution in [0, 0.1) is 11.8 Å². The van der Waals surface area contributed by atoms with Crippen LogP contribution in [0.5, 0.6) is 5.75 Å². The Morgan fingerprint density at radius 2 is 2.04 bits per heavy atom. The Bertz CT molecular complexity index is 941. The maximum absolute atomic E-state index is 5.97. The highest BCUT2D eigenvalue weighted by atomic mass is 35.5. The first-order valence-corrected chi connectivity index (χ1v) is 8.20. The standard InChI is InChI=1S/C19H18N4O2.ClH/c1-24-16-6-5-15(23-11-9-20-10-12-23)19-18(16)22-17(25-19)7-4-14-3-2-8-21-13-14;/h2-3,5-6,8,13,20H,9-12H2,1H3;1H. The van der Waals surface area contributed by atoms with Crippen molar-refractivity contribution in [2.75, 3.05) is 38.2 Å². The third-order valence-electron chi connectivity index (χ3n) is 4.14. The number of pyridine rings is 1. The first-order chi connectivity index (χ1) is 12.3. The summed E-state index contributed by atoms with van der Waals surface area (Å²) in [5.74, 6) is 7.06. The van der Waals surface area contributed by atoms with Crippen LogP contribution in [0.4, 0.5) is 5.69 Å². The molecule has 2 aromatic heterocycles. The lowest BCUT2D eigenvalue weighted by Crippen LogP contribution is -2.43. The van der Waals surface area contributed by atoms with E-state index < -0.39 is 0 Å². The minimum absolute atomic E-state index is 0. The summed E-state index contributed by atoms with van der Waals surface area (Å²) in [6.07, 6.45) is 3.43. The molecule has 0 bridgehead atoms. The molecular formula is C19H19ClN4O2. The zero-order valence-corrected chi connectivity index (χ0v) is 15.2. The smallest absolute Gasteiger partial charge is 0.274 e. The fraction of sp³-hybridized carbons (Fsp3) is 0.263. The van der Waals surface area contributed by atoms with E-state index in [9.17, 15) is 0 Å². The SMILES string of the molecule is COc1ccc(N2CCNCC2)c2oc(C#Cc3cccnc3)nc12.Cl. The van der Waals surface area contributed by atoms with Gasteiger partial charge in [-0.3, -0.25) is 4.98 Å². The van der Waals surface area contributed by atoms with Crippen LogP contribution < -0.4 is 15.0 Å². The molecule has 0 spiro atoms. The van der Waals surface area contributed by atoms with Crippen LogP contribution in [0.2, 0.25) is 0 Å². The van der Waals surface area contributed by atoms with Crippen molar-refractivity contribution in [3.63, 3.8) is 0 Å². The summed E-state index contributed by atoms with van der Waals surface area (Å²) in [5.41, 5.74) is 3.27. The summed E-state index contributed by atoms with van der Waals surface area (Å²) < 4.78 is 11.4. The van der Waals surface area contributed by atoms with Gasteiger partial charge >= 0.3 is 0 Å². The molecule has 0 atom stereocenters. The van der Waals surface area contributed by atoms with Crippen molar-refractivity contribution in [2.24, 2.45) is 0 Å². The second-order valence-electron chi connectivity index (χ2n) is 5.71. The predicted octanol–water partition coefficient (Wildman–Crippen LogP) is 2.46. The molecule has 6 nitrogen and oxygen atoms in total. The summed E-state index contributed by atoms with van der Waals surface area (Å²) in [6.45, 7) is 3.77. The maximum Gasteiger partial charge on any atom is 0.274 e. The first kappa shape index (κ1) is 18.1. The summed E-state index contributed by atoms with van der Waals surface area (Å²) in [5, 5.41) is 3.36. The van der Waals surface area contributed by atoms with Crippen LogP contribution in [0.25, 0.3) is 11.1 Å². The van der Waals surface area contributed by atoms with Crippen LogP contribution in [-0.4, -0.2) is 43.3 Å². The Kier molecular flexibility index (Phi) is 5.61. The van der Waals surface area contributed by atoms with Crippen molar-refractivity contribution in [3.8, 4) is 17.6 Å². The van der Waals surface area contributed by atoms with E-state index >= 15 is 0 Å². The average molecular weight is 371 g/mol. The van der Waals surface area contributed by atoms with Crippen molar-refractivity contribution in [2.45, 2.75) is 0 Å².